The molecule has 1 amide bonds. The Morgan fingerprint density at radius 2 is 2.07 bits per heavy atom. The van der Waals surface area contributed by atoms with Crippen molar-refractivity contribution in [3.63, 3.8) is 0 Å². The van der Waals surface area contributed by atoms with Gasteiger partial charge in [0.25, 0.3) is 5.91 Å². The van der Waals surface area contributed by atoms with Crippen LogP contribution >= 0.6 is 0 Å². The molecule has 1 aliphatic heterocycles. The van der Waals surface area contributed by atoms with Crippen molar-refractivity contribution in [3.8, 4) is 0 Å². The van der Waals surface area contributed by atoms with E-state index in [0.29, 0.717) is 25.2 Å². The van der Waals surface area contributed by atoms with Gasteiger partial charge in [-0.1, -0.05) is 25.7 Å². The second-order valence-corrected chi connectivity index (χ2v) is 14.4. The first-order chi connectivity index (χ1) is 13.0. The van der Waals surface area contributed by atoms with Gasteiger partial charge in [-0.15, -0.1) is 0 Å². The van der Waals surface area contributed by atoms with Crippen molar-refractivity contribution >= 4 is 20.0 Å². The summed E-state index contributed by atoms with van der Waals surface area (Å²) in [6, 6.07) is 5.26. The summed E-state index contributed by atoms with van der Waals surface area (Å²) < 4.78 is 25.3. The summed E-state index contributed by atoms with van der Waals surface area (Å²) >= 11 is 0. The Labute approximate surface area is 166 Å². The molecule has 1 aliphatic rings. The van der Waals surface area contributed by atoms with Gasteiger partial charge in [0, 0.05) is 28.3 Å². The highest BCUT2D eigenvalue weighted by Crippen LogP contribution is 2.33. The van der Waals surface area contributed by atoms with Gasteiger partial charge in [0.1, 0.15) is 12.5 Å². The molecular weight excluding hydrogens is 381 g/mol. The van der Waals surface area contributed by atoms with Crippen molar-refractivity contribution in [2.45, 2.75) is 38.5 Å². The smallest absolute Gasteiger partial charge is 0.312 e. The average molecular weight is 412 g/mol. The molecule has 1 aromatic carbocycles. The first kappa shape index (κ1) is 22.5. The standard InChI is InChI=1S/C20H30FNO5Si/c1-22(14-27-9-10-28(2,3)4)18(23)16-6-5-15(11-17(16)21)12-20(19(24)25)7-8-26-13-20/h5-6,11H,7-10,12-14H2,1-4H3,(H,24,25)/t20-/m1/s1. The highest BCUT2D eigenvalue weighted by Gasteiger charge is 2.42. The first-order valence-corrected chi connectivity index (χ1v) is 13.2. The highest BCUT2D eigenvalue weighted by atomic mass is 28.3. The van der Waals surface area contributed by atoms with Gasteiger partial charge in [0.05, 0.1) is 17.6 Å². The van der Waals surface area contributed by atoms with Crippen LogP contribution in [0.1, 0.15) is 22.3 Å². The number of carboxylic acids is 1. The third-order valence-electron chi connectivity index (χ3n) is 4.99. The Morgan fingerprint density at radius 1 is 1.36 bits per heavy atom. The fourth-order valence-corrected chi connectivity index (χ4v) is 3.82. The van der Waals surface area contributed by atoms with Crippen molar-refractivity contribution in [3.05, 3.63) is 35.1 Å². The lowest BCUT2D eigenvalue weighted by molar-refractivity contribution is -0.148. The molecule has 1 aromatic rings. The van der Waals surface area contributed by atoms with E-state index in [2.05, 4.69) is 19.6 Å². The molecule has 0 aromatic heterocycles. The van der Waals surface area contributed by atoms with Gasteiger partial charge in [-0.2, -0.15) is 0 Å². The van der Waals surface area contributed by atoms with Gasteiger partial charge >= 0.3 is 5.97 Å². The summed E-state index contributed by atoms with van der Waals surface area (Å²) in [5.41, 5.74) is -0.540. The number of ether oxygens (including phenoxy) is 2. The van der Waals surface area contributed by atoms with E-state index in [0.717, 1.165) is 6.04 Å². The van der Waals surface area contributed by atoms with Crippen LogP contribution in [-0.2, 0) is 20.7 Å². The molecule has 156 valence electrons. The maximum Gasteiger partial charge on any atom is 0.312 e. The Balaban J connectivity index is 1.99. The number of hydrogen-bond donors (Lipinski definition) is 1. The maximum atomic E-state index is 14.5. The van der Waals surface area contributed by atoms with E-state index in [4.69, 9.17) is 9.47 Å². The topological polar surface area (TPSA) is 76.1 Å². The summed E-state index contributed by atoms with van der Waals surface area (Å²) in [6.07, 6.45) is 0.561. The Morgan fingerprint density at radius 3 is 2.61 bits per heavy atom. The zero-order valence-corrected chi connectivity index (χ0v) is 18.1. The minimum Gasteiger partial charge on any atom is -0.481 e. The van der Waals surface area contributed by atoms with Crippen LogP contribution in [0.3, 0.4) is 0 Å². The quantitative estimate of drug-likeness (QED) is 0.384. The van der Waals surface area contributed by atoms with Crippen LogP contribution < -0.4 is 0 Å². The normalized spacial score (nSPS) is 19.6. The lowest BCUT2D eigenvalue weighted by Gasteiger charge is -2.23. The molecule has 0 aliphatic carbocycles. The zero-order chi connectivity index (χ0) is 20.9. The molecule has 28 heavy (non-hydrogen) atoms. The number of amides is 1. The minimum atomic E-state index is -1.20. The number of hydrogen-bond acceptors (Lipinski definition) is 4. The predicted octanol–water partition coefficient (Wildman–Crippen LogP) is 3.24. The average Bonchev–Trinajstić information content (AvgIpc) is 3.07. The number of aliphatic carboxylic acids is 1. The van der Waals surface area contributed by atoms with Crippen LogP contribution in [0.2, 0.25) is 25.7 Å². The molecule has 1 heterocycles. The van der Waals surface area contributed by atoms with E-state index in [-0.39, 0.29) is 25.3 Å². The van der Waals surface area contributed by atoms with Gasteiger partial charge < -0.3 is 19.5 Å². The molecule has 6 nitrogen and oxygen atoms in total. The van der Waals surface area contributed by atoms with Gasteiger partial charge in [-0.05, 0) is 36.6 Å². The fraction of sp³-hybridized carbons (Fsp3) is 0.600. The highest BCUT2D eigenvalue weighted by molar-refractivity contribution is 6.76. The Kier molecular flexibility index (Phi) is 7.36. The zero-order valence-electron chi connectivity index (χ0n) is 17.1. The Hall–Kier alpha value is -1.77. The van der Waals surface area contributed by atoms with Crippen molar-refractivity contribution < 1.29 is 28.6 Å². The third kappa shape index (κ3) is 5.86. The second kappa shape index (κ2) is 9.15. The van der Waals surface area contributed by atoms with E-state index >= 15 is 0 Å². The Bertz CT molecular complexity index is 713. The number of benzene rings is 1. The molecule has 1 saturated heterocycles. The van der Waals surface area contributed by atoms with E-state index in [1.165, 1.54) is 17.0 Å². The lowest BCUT2D eigenvalue weighted by Crippen LogP contribution is -2.34. The number of carbonyl (C=O) groups is 2. The van der Waals surface area contributed by atoms with Gasteiger partial charge in [-0.25, -0.2) is 4.39 Å². The van der Waals surface area contributed by atoms with Crippen LogP contribution in [0, 0.1) is 11.2 Å². The molecule has 2 rings (SSSR count). The van der Waals surface area contributed by atoms with Crippen LogP contribution in [0.15, 0.2) is 18.2 Å². The summed E-state index contributed by atoms with van der Waals surface area (Å²) in [6.45, 7) is 7.91. The van der Waals surface area contributed by atoms with E-state index in [9.17, 15) is 19.1 Å². The van der Waals surface area contributed by atoms with Crippen molar-refractivity contribution in [2.24, 2.45) is 5.41 Å². The molecule has 0 saturated carbocycles. The monoisotopic (exact) mass is 411 g/mol. The van der Waals surface area contributed by atoms with Crippen LogP contribution in [0.25, 0.3) is 0 Å². The van der Waals surface area contributed by atoms with E-state index < -0.39 is 31.2 Å². The molecule has 0 radical (unpaired) electrons. The molecule has 1 atom stereocenters. The summed E-state index contributed by atoms with van der Waals surface area (Å²) in [5.74, 6) is -2.06. The van der Waals surface area contributed by atoms with E-state index in [1.54, 1.807) is 13.1 Å². The summed E-state index contributed by atoms with van der Waals surface area (Å²) in [4.78, 5) is 25.4. The molecule has 0 bridgehead atoms. The van der Waals surface area contributed by atoms with Gasteiger partial charge in [0.2, 0.25) is 0 Å². The number of nitrogens with zero attached hydrogens (tertiary/aromatic N) is 1. The third-order valence-corrected chi connectivity index (χ3v) is 6.70. The number of carbonyl (C=O) groups excluding carboxylic acids is 1. The van der Waals surface area contributed by atoms with Crippen molar-refractivity contribution in [2.75, 3.05) is 33.6 Å². The van der Waals surface area contributed by atoms with Crippen molar-refractivity contribution in [1.82, 2.24) is 4.90 Å². The fourth-order valence-electron chi connectivity index (χ4n) is 3.07. The largest absolute Gasteiger partial charge is 0.481 e. The molecule has 1 N–H and O–H groups in total. The number of halogens is 1. The second-order valence-electron chi connectivity index (χ2n) is 8.73. The molecule has 0 unspecified atom stereocenters. The first-order valence-electron chi connectivity index (χ1n) is 9.47. The van der Waals surface area contributed by atoms with Crippen molar-refractivity contribution in [1.29, 1.82) is 0 Å². The number of carboxylic acid groups (broad SMARTS) is 1. The van der Waals surface area contributed by atoms with Crippen LogP contribution in [0.4, 0.5) is 4.39 Å². The lowest BCUT2D eigenvalue weighted by atomic mass is 9.81. The summed E-state index contributed by atoms with van der Waals surface area (Å²) in [7, 11) is 0.364. The minimum absolute atomic E-state index is 0.0490. The number of rotatable bonds is 9. The van der Waals surface area contributed by atoms with Gasteiger partial charge in [0.15, 0.2) is 0 Å². The van der Waals surface area contributed by atoms with Gasteiger partial charge in [-0.3, -0.25) is 9.59 Å². The van der Waals surface area contributed by atoms with Crippen LogP contribution in [0.5, 0.6) is 0 Å². The molecule has 1 fully saturated rings. The predicted molar refractivity (Wildman–Crippen MR) is 107 cm³/mol. The molecule has 8 heteroatoms. The summed E-state index contributed by atoms with van der Waals surface area (Å²) in [5, 5.41) is 9.52. The SMILES string of the molecule is CN(COCC[Si](C)(C)C)C(=O)c1ccc(C[C@]2(C(=O)O)CCOC2)cc1F. The maximum absolute atomic E-state index is 14.5. The molecular formula is C20H30FNO5Si. The molecule has 0 spiro atoms. The van der Waals surface area contributed by atoms with Crippen LogP contribution in [-0.4, -0.2) is 63.6 Å². The van der Waals surface area contributed by atoms with E-state index in [1.807, 2.05) is 0 Å².